The first-order valence-electron chi connectivity index (χ1n) is 3.84. The fraction of sp³-hybridized carbons (Fsp3) is 0.222. The van der Waals surface area contributed by atoms with Crippen LogP contribution in [0.25, 0.3) is 0 Å². The summed E-state index contributed by atoms with van der Waals surface area (Å²) in [6, 6.07) is 4.68. The van der Waals surface area contributed by atoms with E-state index in [1.54, 1.807) is 6.07 Å². The molecule has 0 spiro atoms. The summed E-state index contributed by atoms with van der Waals surface area (Å²) < 4.78 is 4.71. The van der Waals surface area contributed by atoms with Crippen molar-refractivity contribution >= 4 is 13.8 Å². The summed E-state index contributed by atoms with van der Waals surface area (Å²) in [6.07, 6.45) is 0.341. The van der Waals surface area contributed by atoms with Gasteiger partial charge in [0.05, 0.1) is 7.85 Å². The zero-order valence-corrected chi connectivity index (χ0v) is 7.28. The lowest BCUT2D eigenvalue weighted by Gasteiger charge is -2.05. The molecule has 0 saturated heterocycles. The van der Waals surface area contributed by atoms with Gasteiger partial charge < -0.3 is 9.84 Å². The highest BCUT2D eigenvalue weighted by atomic mass is 16.5. The minimum atomic E-state index is -0.462. The lowest BCUT2D eigenvalue weighted by Crippen LogP contribution is -2.01. The number of phenolic OH excluding ortho intramolecular Hbond substituents is 1. The van der Waals surface area contributed by atoms with Crippen LogP contribution in [0.4, 0.5) is 0 Å². The van der Waals surface area contributed by atoms with Crippen molar-refractivity contribution < 1.29 is 14.6 Å². The molecular weight excluding hydrogens is 167 g/mol. The topological polar surface area (TPSA) is 46.5 Å². The number of phenols is 1. The zero-order chi connectivity index (χ0) is 9.84. The number of rotatable bonds is 2. The van der Waals surface area contributed by atoms with Gasteiger partial charge in [0.1, 0.15) is 0 Å². The number of carbonyl (C=O) groups is 1. The molecule has 0 aliphatic rings. The Balaban J connectivity index is 2.91. The Hall–Kier alpha value is -1.45. The number of benzene rings is 1. The Morgan fingerprint density at radius 1 is 1.62 bits per heavy atom. The van der Waals surface area contributed by atoms with Crippen molar-refractivity contribution in [2.24, 2.45) is 0 Å². The van der Waals surface area contributed by atoms with Crippen molar-refractivity contribution in [1.29, 1.82) is 0 Å². The molecular formula is C9H9BO3. The summed E-state index contributed by atoms with van der Waals surface area (Å²) in [5, 5.41) is 9.34. The van der Waals surface area contributed by atoms with Gasteiger partial charge in [-0.25, -0.2) is 0 Å². The van der Waals surface area contributed by atoms with Crippen molar-refractivity contribution in [1.82, 2.24) is 0 Å². The maximum absolute atomic E-state index is 10.6. The van der Waals surface area contributed by atoms with Gasteiger partial charge in [-0.15, -0.1) is 0 Å². The van der Waals surface area contributed by atoms with Gasteiger partial charge in [-0.1, -0.05) is 17.9 Å². The van der Waals surface area contributed by atoms with Crippen LogP contribution in [0.3, 0.4) is 0 Å². The van der Waals surface area contributed by atoms with Crippen molar-refractivity contribution in [3.05, 3.63) is 23.8 Å². The third kappa shape index (κ3) is 2.51. The quantitative estimate of drug-likeness (QED) is 0.415. The summed E-state index contributed by atoms with van der Waals surface area (Å²) in [5.41, 5.74) is 0.786. The highest BCUT2D eigenvalue weighted by Crippen LogP contribution is 2.26. The van der Waals surface area contributed by atoms with Gasteiger partial charge in [-0.2, -0.15) is 0 Å². The van der Waals surface area contributed by atoms with Crippen LogP contribution in [0.1, 0.15) is 12.5 Å². The third-order valence-corrected chi connectivity index (χ3v) is 1.51. The van der Waals surface area contributed by atoms with Crippen LogP contribution in [0.2, 0.25) is 0 Å². The van der Waals surface area contributed by atoms with E-state index in [4.69, 9.17) is 12.6 Å². The van der Waals surface area contributed by atoms with Gasteiger partial charge in [-0.05, 0) is 12.1 Å². The molecule has 0 bridgehead atoms. The van der Waals surface area contributed by atoms with E-state index < -0.39 is 5.97 Å². The normalized spacial score (nSPS) is 9.62. The van der Waals surface area contributed by atoms with Crippen LogP contribution in [-0.2, 0) is 11.1 Å². The lowest BCUT2D eigenvalue weighted by molar-refractivity contribution is -0.132. The molecule has 0 aliphatic heterocycles. The SMILES string of the molecule is [B]Cc1ccc(OC(C)=O)c(O)c1. The zero-order valence-electron chi connectivity index (χ0n) is 7.28. The summed E-state index contributed by atoms with van der Waals surface area (Å²) >= 11 is 0. The van der Waals surface area contributed by atoms with Crippen molar-refractivity contribution in [3.8, 4) is 11.5 Å². The van der Waals surface area contributed by atoms with E-state index in [9.17, 15) is 9.90 Å². The Morgan fingerprint density at radius 2 is 2.31 bits per heavy atom. The predicted octanol–water partition coefficient (Wildman–Crippen LogP) is 0.986. The first-order valence-corrected chi connectivity index (χ1v) is 3.84. The largest absolute Gasteiger partial charge is 0.504 e. The second-order valence-corrected chi connectivity index (χ2v) is 2.60. The Bertz CT molecular complexity index is 323. The molecule has 1 rings (SSSR count). The molecule has 1 aromatic rings. The predicted molar refractivity (Wildman–Crippen MR) is 48.9 cm³/mol. The van der Waals surface area contributed by atoms with Gasteiger partial charge in [0.25, 0.3) is 0 Å². The van der Waals surface area contributed by atoms with Crippen molar-refractivity contribution in [3.63, 3.8) is 0 Å². The molecule has 1 N–H and O–H groups in total. The number of hydrogen-bond donors (Lipinski definition) is 1. The summed E-state index contributed by atoms with van der Waals surface area (Å²) in [6.45, 7) is 1.27. The molecule has 0 atom stereocenters. The molecule has 0 saturated carbocycles. The van der Waals surface area contributed by atoms with E-state index in [1.165, 1.54) is 19.1 Å². The number of aromatic hydroxyl groups is 1. The van der Waals surface area contributed by atoms with Gasteiger partial charge >= 0.3 is 5.97 Å². The Morgan fingerprint density at radius 3 is 2.77 bits per heavy atom. The molecule has 0 aromatic heterocycles. The monoisotopic (exact) mass is 176 g/mol. The lowest BCUT2D eigenvalue weighted by atomic mass is 9.97. The molecule has 13 heavy (non-hydrogen) atoms. The number of carbonyl (C=O) groups excluding carboxylic acids is 1. The van der Waals surface area contributed by atoms with Crippen LogP contribution < -0.4 is 4.74 Å². The van der Waals surface area contributed by atoms with Crippen LogP contribution in [0.5, 0.6) is 11.5 Å². The smallest absolute Gasteiger partial charge is 0.308 e. The van der Waals surface area contributed by atoms with Crippen molar-refractivity contribution in [2.75, 3.05) is 0 Å². The van der Waals surface area contributed by atoms with E-state index in [2.05, 4.69) is 0 Å². The Labute approximate surface area is 77.7 Å². The molecule has 1 aromatic carbocycles. The van der Waals surface area contributed by atoms with Crippen molar-refractivity contribution in [2.45, 2.75) is 13.2 Å². The average Bonchev–Trinajstić information content (AvgIpc) is 2.08. The fourth-order valence-corrected chi connectivity index (χ4v) is 0.931. The summed E-state index contributed by atoms with van der Waals surface area (Å²) in [4.78, 5) is 10.6. The maximum Gasteiger partial charge on any atom is 0.308 e. The number of hydrogen-bond acceptors (Lipinski definition) is 3. The summed E-state index contributed by atoms with van der Waals surface area (Å²) in [5.74, 6) is -0.376. The molecule has 0 heterocycles. The van der Waals surface area contributed by atoms with Gasteiger partial charge in [0, 0.05) is 6.92 Å². The van der Waals surface area contributed by atoms with E-state index in [1.807, 2.05) is 0 Å². The van der Waals surface area contributed by atoms with Crippen LogP contribution in [-0.4, -0.2) is 18.9 Å². The van der Waals surface area contributed by atoms with E-state index in [-0.39, 0.29) is 11.5 Å². The van der Waals surface area contributed by atoms with Crippen LogP contribution in [0.15, 0.2) is 18.2 Å². The van der Waals surface area contributed by atoms with E-state index >= 15 is 0 Å². The van der Waals surface area contributed by atoms with Gasteiger partial charge in [0.15, 0.2) is 11.5 Å². The first-order chi connectivity index (χ1) is 6.13. The number of esters is 1. The second-order valence-electron chi connectivity index (χ2n) is 2.60. The molecule has 0 unspecified atom stereocenters. The molecule has 3 nitrogen and oxygen atoms in total. The molecule has 2 radical (unpaired) electrons. The first kappa shape index (κ1) is 9.64. The third-order valence-electron chi connectivity index (χ3n) is 1.51. The minimum absolute atomic E-state index is 0.0712. The molecule has 66 valence electrons. The molecule has 0 fully saturated rings. The van der Waals surface area contributed by atoms with Gasteiger partial charge in [-0.3, -0.25) is 4.79 Å². The van der Waals surface area contributed by atoms with E-state index in [0.717, 1.165) is 5.56 Å². The minimum Gasteiger partial charge on any atom is -0.504 e. The Kier molecular flexibility index (Phi) is 2.95. The average molecular weight is 176 g/mol. The molecule has 4 heteroatoms. The van der Waals surface area contributed by atoms with Crippen LogP contribution in [0, 0.1) is 0 Å². The standard InChI is InChI=1S/C9H9BO3/c1-6(11)13-9-3-2-7(5-10)4-8(9)12/h2-4,12H,5H2,1H3. The second kappa shape index (κ2) is 3.98. The van der Waals surface area contributed by atoms with Gasteiger partial charge in [0.2, 0.25) is 0 Å². The summed E-state index contributed by atoms with van der Waals surface area (Å²) in [7, 11) is 5.35. The maximum atomic E-state index is 10.6. The molecule has 0 aliphatic carbocycles. The molecule has 0 amide bonds. The van der Waals surface area contributed by atoms with E-state index in [0.29, 0.717) is 6.32 Å². The number of ether oxygens (including phenoxy) is 1. The van der Waals surface area contributed by atoms with Crippen LogP contribution >= 0.6 is 0 Å². The highest BCUT2D eigenvalue weighted by molar-refractivity contribution is 6.08. The fourth-order valence-electron chi connectivity index (χ4n) is 0.931. The highest BCUT2D eigenvalue weighted by Gasteiger charge is 2.04.